The molecule has 0 aromatic heterocycles. The van der Waals surface area contributed by atoms with Gasteiger partial charge < -0.3 is 16.3 Å². The second-order valence-electron chi connectivity index (χ2n) is 2.61. The third-order valence-electron chi connectivity index (χ3n) is 1.46. The molecule has 1 aromatic rings. The second kappa shape index (κ2) is 4.86. The number of hydrogen-bond donors (Lipinski definition) is 2. The highest BCUT2D eigenvalue weighted by Crippen LogP contribution is 2.11. The topological polar surface area (TPSA) is 90.7 Å². The van der Waals surface area contributed by atoms with Gasteiger partial charge in [-0.2, -0.15) is 5.10 Å². The Labute approximate surface area is 81.3 Å². The predicted molar refractivity (Wildman–Crippen MR) is 52.9 cm³/mol. The molecule has 0 heterocycles. The molecular formula is C9H11N3O2. The fraction of sp³-hybridized carbons (Fsp3) is 0.111. The fourth-order valence-corrected chi connectivity index (χ4v) is 0.925. The number of rotatable bonds is 4. The molecule has 1 aromatic carbocycles. The number of hydrazone groups is 1. The van der Waals surface area contributed by atoms with Crippen LogP contribution >= 0.6 is 0 Å². The number of carbonyl (C=O) groups is 1. The highest BCUT2D eigenvalue weighted by atomic mass is 16.5. The van der Waals surface area contributed by atoms with Crippen LogP contribution in [0.15, 0.2) is 29.4 Å². The second-order valence-corrected chi connectivity index (χ2v) is 2.61. The molecule has 1 rings (SSSR count). The normalized spacial score (nSPS) is 10.3. The maximum absolute atomic E-state index is 10.4. The van der Waals surface area contributed by atoms with Crippen LogP contribution in [0.25, 0.3) is 0 Å². The zero-order valence-electron chi connectivity index (χ0n) is 7.51. The Kier molecular flexibility index (Phi) is 3.49. The summed E-state index contributed by atoms with van der Waals surface area (Å²) in [7, 11) is 0. The largest absolute Gasteiger partial charge is 0.484 e. The first-order valence-electron chi connectivity index (χ1n) is 3.97. The third-order valence-corrected chi connectivity index (χ3v) is 1.46. The van der Waals surface area contributed by atoms with Crippen LogP contribution in [-0.2, 0) is 4.79 Å². The van der Waals surface area contributed by atoms with E-state index in [4.69, 9.17) is 16.3 Å². The Morgan fingerprint density at radius 1 is 1.57 bits per heavy atom. The van der Waals surface area contributed by atoms with Gasteiger partial charge in [0.25, 0.3) is 5.91 Å². The SMILES string of the molecule is NN=Cc1cccc(OCC(N)=O)c1. The number of hydrogen-bond acceptors (Lipinski definition) is 4. The van der Waals surface area contributed by atoms with Gasteiger partial charge in [0, 0.05) is 0 Å². The summed E-state index contributed by atoms with van der Waals surface area (Å²) >= 11 is 0. The molecule has 4 N–H and O–H groups in total. The van der Waals surface area contributed by atoms with E-state index in [2.05, 4.69) is 5.10 Å². The number of ether oxygens (including phenoxy) is 1. The monoisotopic (exact) mass is 193 g/mol. The van der Waals surface area contributed by atoms with E-state index in [9.17, 15) is 4.79 Å². The molecule has 0 bridgehead atoms. The number of nitrogens with two attached hydrogens (primary N) is 2. The van der Waals surface area contributed by atoms with Crippen molar-refractivity contribution in [2.45, 2.75) is 0 Å². The number of benzene rings is 1. The highest BCUT2D eigenvalue weighted by Gasteiger charge is 1.97. The summed E-state index contributed by atoms with van der Waals surface area (Å²) in [4.78, 5) is 10.4. The van der Waals surface area contributed by atoms with Crippen molar-refractivity contribution >= 4 is 12.1 Å². The van der Waals surface area contributed by atoms with Gasteiger partial charge in [0.05, 0.1) is 6.21 Å². The molecule has 0 spiro atoms. The molecule has 0 radical (unpaired) electrons. The first-order valence-corrected chi connectivity index (χ1v) is 3.97. The van der Waals surface area contributed by atoms with E-state index in [-0.39, 0.29) is 6.61 Å². The average Bonchev–Trinajstić information content (AvgIpc) is 2.16. The van der Waals surface area contributed by atoms with Crippen LogP contribution in [0.2, 0.25) is 0 Å². The molecule has 0 atom stereocenters. The van der Waals surface area contributed by atoms with E-state index in [1.165, 1.54) is 6.21 Å². The summed E-state index contributed by atoms with van der Waals surface area (Å²) in [6, 6.07) is 7.01. The summed E-state index contributed by atoms with van der Waals surface area (Å²) in [6.07, 6.45) is 1.48. The van der Waals surface area contributed by atoms with Gasteiger partial charge in [-0.25, -0.2) is 0 Å². The molecule has 0 aliphatic carbocycles. The zero-order chi connectivity index (χ0) is 10.4. The molecule has 1 amide bonds. The van der Waals surface area contributed by atoms with Gasteiger partial charge in [-0.1, -0.05) is 12.1 Å². The van der Waals surface area contributed by atoms with Gasteiger partial charge in [0.2, 0.25) is 0 Å². The van der Waals surface area contributed by atoms with Gasteiger partial charge in [-0.15, -0.1) is 0 Å². The Hall–Kier alpha value is -2.04. The van der Waals surface area contributed by atoms with Gasteiger partial charge >= 0.3 is 0 Å². The van der Waals surface area contributed by atoms with Gasteiger partial charge in [-0.3, -0.25) is 4.79 Å². The van der Waals surface area contributed by atoms with Crippen LogP contribution in [0.3, 0.4) is 0 Å². The summed E-state index contributed by atoms with van der Waals surface area (Å²) in [6.45, 7) is -0.136. The van der Waals surface area contributed by atoms with E-state index in [1.54, 1.807) is 18.2 Å². The minimum atomic E-state index is -0.511. The van der Waals surface area contributed by atoms with Crippen LogP contribution in [-0.4, -0.2) is 18.7 Å². The Balaban J connectivity index is 2.68. The molecular weight excluding hydrogens is 182 g/mol. The summed E-state index contributed by atoms with van der Waals surface area (Å²) < 4.78 is 5.08. The van der Waals surface area contributed by atoms with Crippen molar-refractivity contribution in [3.63, 3.8) is 0 Å². The molecule has 0 unspecified atom stereocenters. The maximum atomic E-state index is 10.4. The van der Waals surface area contributed by atoms with E-state index in [1.807, 2.05) is 6.07 Å². The van der Waals surface area contributed by atoms with E-state index < -0.39 is 5.91 Å². The van der Waals surface area contributed by atoms with E-state index >= 15 is 0 Å². The average molecular weight is 193 g/mol. The van der Waals surface area contributed by atoms with Crippen LogP contribution in [0.4, 0.5) is 0 Å². The summed E-state index contributed by atoms with van der Waals surface area (Å²) in [5.41, 5.74) is 5.73. The molecule has 74 valence electrons. The van der Waals surface area contributed by atoms with E-state index in [0.717, 1.165) is 5.56 Å². The molecule has 0 saturated heterocycles. The van der Waals surface area contributed by atoms with Crippen molar-refractivity contribution in [3.8, 4) is 5.75 Å². The van der Waals surface area contributed by atoms with Gasteiger partial charge in [0.15, 0.2) is 6.61 Å². The van der Waals surface area contributed by atoms with Crippen molar-refractivity contribution in [1.82, 2.24) is 0 Å². The number of nitrogens with zero attached hydrogens (tertiary/aromatic N) is 1. The molecule has 0 fully saturated rings. The summed E-state index contributed by atoms with van der Waals surface area (Å²) in [5, 5.41) is 3.37. The number of primary amides is 1. The van der Waals surface area contributed by atoms with Crippen LogP contribution in [0, 0.1) is 0 Å². The Morgan fingerprint density at radius 2 is 2.36 bits per heavy atom. The van der Waals surface area contributed by atoms with Crippen molar-refractivity contribution in [2.75, 3.05) is 6.61 Å². The van der Waals surface area contributed by atoms with Crippen molar-refractivity contribution < 1.29 is 9.53 Å². The lowest BCUT2D eigenvalue weighted by Crippen LogP contribution is -2.20. The van der Waals surface area contributed by atoms with Crippen LogP contribution < -0.4 is 16.3 Å². The molecule has 0 aliphatic rings. The fourth-order valence-electron chi connectivity index (χ4n) is 0.925. The highest BCUT2D eigenvalue weighted by molar-refractivity contribution is 5.80. The smallest absolute Gasteiger partial charge is 0.255 e. The van der Waals surface area contributed by atoms with Crippen LogP contribution in [0.1, 0.15) is 5.56 Å². The van der Waals surface area contributed by atoms with Crippen LogP contribution in [0.5, 0.6) is 5.75 Å². The molecule has 0 saturated carbocycles. The Bertz CT molecular complexity index is 350. The lowest BCUT2D eigenvalue weighted by atomic mass is 10.2. The van der Waals surface area contributed by atoms with Crippen molar-refractivity contribution in [2.24, 2.45) is 16.7 Å². The minimum Gasteiger partial charge on any atom is -0.484 e. The number of amides is 1. The lowest BCUT2D eigenvalue weighted by Gasteiger charge is -2.03. The molecule has 14 heavy (non-hydrogen) atoms. The first kappa shape index (κ1) is 10.0. The van der Waals surface area contributed by atoms with Crippen molar-refractivity contribution in [1.29, 1.82) is 0 Å². The quantitative estimate of drug-likeness (QED) is 0.395. The molecule has 5 heteroatoms. The van der Waals surface area contributed by atoms with E-state index in [0.29, 0.717) is 5.75 Å². The van der Waals surface area contributed by atoms with Gasteiger partial charge in [0.1, 0.15) is 5.75 Å². The zero-order valence-corrected chi connectivity index (χ0v) is 7.51. The predicted octanol–water partition coefficient (Wildman–Crippen LogP) is -0.157. The lowest BCUT2D eigenvalue weighted by molar-refractivity contribution is -0.119. The molecule has 0 aliphatic heterocycles. The minimum absolute atomic E-state index is 0.136. The third kappa shape index (κ3) is 3.14. The Morgan fingerprint density at radius 3 is 3.00 bits per heavy atom. The number of carbonyl (C=O) groups excluding carboxylic acids is 1. The van der Waals surface area contributed by atoms with Gasteiger partial charge in [-0.05, 0) is 17.7 Å². The molecule has 5 nitrogen and oxygen atoms in total. The first-order chi connectivity index (χ1) is 6.72. The maximum Gasteiger partial charge on any atom is 0.255 e. The van der Waals surface area contributed by atoms with Crippen molar-refractivity contribution in [3.05, 3.63) is 29.8 Å². The standard InChI is InChI=1S/C9H11N3O2/c10-9(13)6-14-8-3-1-2-7(4-8)5-12-11/h1-5H,6,11H2,(H2,10,13). The summed E-state index contributed by atoms with van der Waals surface area (Å²) in [5.74, 6) is 5.03.